The SMILES string of the molecule is CC(=O)c1ccc(NC(=O)N[C@H]2CO[C@H]3[C@@H]2OC[C@@H]3n2nnnc2Oc2cccc(N(C)C)c2)cc1. The van der Waals surface area contributed by atoms with Gasteiger partial charge >= 0.3 is 12.0 Å². The lowest BCUT2D eigenvalue weighted by molar-refractivity contribution is 0.0613. The quantitative estimate of drug-likeness (QED) is 0.476. The number of urea groups is 1. The Balaban J connectivity index is 1.22. The molecule has 2 saturated heterocycles. The number of nitrogens with zero attached hydrogens (tertiary/aromatic N) is 5. The number of ketones is 1. The van der Waals surface area contributed by atoms with Crippen LogP contribution < -0.4 is 20.3 Å². The van der Waals surface area contributed by atoms with Gasteiger partial charge in [0.05, 0.1) is 19.3 Å². The number of nitrogens with one attached hydrogen (secondary N) is 2. The Kier molecular flexibility index (Phi) is 6.53. The Morgan fingerprint density at radius 1 is 1.08 bits per heavy atom. The Hall–Kier alpha value is -4.03. The lowest BCUT2D eigenvalue weighted by Crippen LogP contribution is -2.45. The van der Waals surface area contributed by atoms with Crippen molar-refractivity contribution in [2.75, 3.05) is 37.5 Å². The number of rotatable bonds is 7. The number of carbonyl (C=O) groups excluding carboxylic acids is 2. The average Bonchev–Trinajstić information content (AvgIpc) is 3.57. The number of hydrogen-bond donors (Lipinski definition) is 2. The molecule has 2 amide bonds. The van der Waals surface area contributed by atoms with Crippen LogP contribution in [0.25, 0.3) is 0 Å². The van der Waals surface area contributed by atoms with Crippen molar-refractivity contribution in [1.82, 2.24) is 25.5 Å². The van der Waals surface area contributed by atoms with E-state index in [-0.39, 0.29) is 48.7 Å². The molecule has 2 N–H and O–H groups in total. The Bertz CT molecular complexity index is 1250. The van der Waals surface area contributed by atoms with Crippen molar-refractivity contribution in [3.05, 3.63) is 54.1 Å². The Morgan fingerprint density at radius 2 is 1.86 bits per heavy atom. The number of benzene rings is 2. The first-order valence-electron chi connectivity index (χ1n) is 11.5. The Labute approximate surface area is 207 Å². The average molecular weight is 494 g/mol. The van der Waals surface area contributed by atoms with E-state index in [1.165, 1.54) is 6.92 Å². The van der Waals surface area contributed by atoms with Gasteiger partial charge in [-0.3, -0.25) is 4.79 Å². The van der Waals surface area contributed by atoms with Crippen LogP contribution >= 0.6 is 0 Å². The molecule has 0 bridgehead atoms. The maximum atomic E-state index is 12.6. The fraction of sp³-hybridized carbons (Fsp3) is 0.375. The monoisotopic (exact) mass is 493 g/mol. The predicted molar refractivity (Wildman–Crippen MR) is 130 cm³/mol. The second-order valence-corrected chi connectivity index (χ2v) is 8.90. The fourth-order valence-electron chi connectivity index (χ4n) is 4.33. The molecule has 4 atom stereocenters. The van der Waals surface area contributed by atoms with Crippen LogP contribution in [0.15, 0.2) is 48.5 Å². The van der Waals surface area contributed by atoms with Crippen LogP contribution in [0.5, 0.6) is 11.8 Å². The van der Waals surface area contributed by atoms with Gasteiger partial charge in [-0.05, 0) is 53.7 Å². The molecular weight excluding hydrogens is 466 g/mol. The third-order valence-electron chi connectivity index (χ3n) is 6.21. The van der Waals surface area contributed by atoms with Gasteiger partial charge in [-0.15, -0.1) is 0 Å². The van der Waals surface area contributed by atoms with E-state index in [0.717, 1.165) is 5.69 Å². The highest BCUT2D eigenvalue weighted by molar-refractivity contribution is 5.95. The molecular formula is C24H27N7O5. The minimum absolute atomic E-state index is 0.0358. The van der Waals surface area contributed by atoms with Gasteiger partial charge in [-0.1, -0.05) is 11.2 Å². The van der Waals surface area contributed by atoms with E-state index in [4.69, 9.17) is 14.2 Å². The van der Waals surface area contributed by atoms with Gasteiger partial charge < -0.3 is 29.7 Å². The van der Waals surface area contributed by atoms with Gasteiger partial charge in [0, 0.05) is 37.1 Å². The van der Waals surface area contributed by atoms with Crippen molar-refractivity contribution >= 4 is 23.2 Å². The van der Waals surface area contributed by atoms with Crippen LogP contribution in [0.1, 0.15) is 23.3 Å². The maximum absolute atomic E-state index is 12.6. The number of fused-ring (bicyclic) bond motifs is 1. The van der Waals surface area contributed by atoms with Gasteiger partial charge in [-0.25, -0.2) is 4.79 Å². The molecule has 0 spiro atoms. The fourth-order valence-corrected chi connectivity index (χ4v) is 4.33. The lowest BCUT2D eigenvalue weighted by Gasteiger charge is -2.18. The van der Waals surface area contributed by atoms with Crippen LogP contribution in [-0.4, -0.2) is 77.6 Å². The van der Waals surface area contributed by atoms with E-state index >= 15 is 0 Å². The van der Waals surface area contributed by atoms with Gasteiger partial charge in [0.1, 0.15) is 24.0 Å². The smallest absolute Gasteiger partial charge is 0.341 e. The van der Waals surface area contributed by atoms with E-state index < -0.39 is 0 Å². The number of tetrazole rings is 1. The molecule has 2 aromatic carbocycles. The normalized spacial score (nSPS) is 22.6. The molecule has 0 aliphatic carbocycles. The first kappa shape index (κ1) is 23.7. The largest absolute Gasteiger partial charge is 0.423 e. The van der Waals surface area contributed by atoms with Crippen LogP contribution in [0, 0.1) is 0 Å². The summed E-state index contributed by atoms with van der Waals surface area (Å²) in [6, 6.07) is 13.5. The third kappa shape index (κ3) is 4.86. The van der Waals surface area contributed by atoms with Crippen molar-refractivity contribution in [3.8, 4) is 11.8 Å². The van der Waals surface area contributed by atoms with Crippen molar-refractivity contribution in [2.45, 2.75) is 31.2 Å². The molecule has 12 heteroatoms. The molecule has 0 unspecified atom stereocenters. The number of Topliss-reactive ketones (excluding diaryl/α,β-unsaturated/α-hetero) is 1. The van der Waals surface area contributed by atoms with E-state index in [9.17, 15) is 9.59 Å². The van der Waals surface area contributed by atoms with E-state index in [2.05, 4.69) is 26.2 Å². The van der Waals surface area contributed by atoms with Crippen molar-refractivity contribution in [3.63, 3.8) is 0 Å². The zero-order chi connectivity index (χ0) is 25.2. The van der Waals surface area contributed by atoms with Crippen LogP contribution in [0.2, 0.25) is 0 Å². The molecule has 36 heavy (non-hydrogen) atoms. The highest BCUT2D eigenvalue weighted by Crippen LogP contribution is 2.36. The summed E-state index contributed by atoms with van der Waals surface area (Å²) >= 11 is 0. The van der Waals surface area contributed by atoms with Crippen molar-refractivity contribution in [2.24, 2.45) is 0 Å². The first-order valence-corrected chi connectivity index (χ1v) is 11.5. The summed E-state index contributed by atoms with van der Waals surface area (Å²) in [5, 5.41) is 17.6. The van der Waals surface area contributed by atoms with Gasteiger partial charge in [0.2, 0.25) is 0 Å². The summed E-state index contributed by atoms with van der Waals surface area (Å²) in [6.07, 6.45) is -0.723. The van der Waals surface area contributed by atoms with Gasteiger partial charge in [-0.2, -0.15) is 4.68 Å². The molecule has 2 aliphatic rings. The molecule has 12 nitrogen and oxygen atoms in total. The topological polar surface area (TPSA) is 133 Å². The predicted octanol–water partition coefficient (Wildman–Crippen LogP) is 2.26. The van der Waals surface area contributed by atoms with Crippen LogP contribution in [0.3, 0.4) is 0 Å². The summed E-state index contributed by atoms with van der Waals surface area (Å²) in [6.45, 7) is 2.08. The van der Waals surface area contributed by atoms with Crippen molar-refractivity contribution in [1.29, 1.82) is 0 Å². The zero-order valence-corrected chi connectivity index (χ0v) is 20.1. The third-order valence-corrected chi connectivity index (χ3v) is 6.21. The minimum Gasteiger partial charge on any atom is -0.423 e. The number of anilines is 2. The maximum Gasteiger partial charge on any atom is 0.341 e. The standard InChI is InChI=1S/C24H27N7O5/c1-14(32)15-7-9-16(10-8-15)25-23(33)26-19-12-34-22-20(13-35-21(19)22)31-24(27-28-29-31)36-18-6-4-5-17(11-18)30(2)3/h4-11,19-22H,12-13H2,1-3H3,(H2,25,26,33)/t19-,20-,21+,22+/m0/s1. The molecule has 0 saturated carbocycles. The lowest BCUT2D eigenvalue weighted by atomic mass is 10.1. The second kappa shape index (κ2) is 9.91. The summed E-state index contributed by atoms with van der Waals surface area (Å²) in [7, 11) is 3.90. The molecule has 1 aromatic heterocycles. The van der Waals surface area contributed by atoms with E-state index in [1.54, 1.807) is 28.9 Å². The summed E-state index contributed by atoms with van der Waals surface area (Å²) < 4.78 is 19.5. The van der Waals surface area contributed by atoms with E-state index in [1.807, 2.05) is 43.3 Å². The van der Waals surface area contributed by atoms with Crippen LogP contribution in [-0.2, 0) is 9.47 Å². The molecule has 2 aliphatic heterocycles. The molecule has 3 heterocycles. The van der Waals surface area contributed by atoms with Gasteiger partial charge in [0.25, 0.3) is 0 Å². The summed E-state index contributed by atoms with van der Waals surface area (Å²) in [5.74, 6) is 0.568. The molecule has 3 aromatic rings. The minimum atomic E-state index is -0.390. The van der Waals surface area contributed by atoms with E-state index in [0.29, 0.717) is 23.6 Å². The summed E-state index contributed by atoms with van der Waals surface area (Å²) in [5.41, 5.74) is 2.14. The van der Waals surface area contributed by atoms with Crippen molar-refractivity contribution < 1.29 is 23.8 Å². The molecule has 188 valence electrons. The molecule has 5 rings (SSSR count). The zero-order valence-electron chi connectivity index (χ0n) is 20.1. The molecule has 0 radical (unpaired) electrons. The number of amides is 2. The number of ether oxygens (including phenoxy) is 3. The molecule has 2 fully saturated rings. The number of aromatic nitrogens is 4. The van der Waals surface area contributed by atoms with Gasteiger partial charge in [0.15, 0.2) is 5.78 Å². The first-order chi connectivity index (χ1) is 17.4. The summed E-state index contributed by atoms with van der Waals surface area (Å²) in [4.78, 5) is 26.0. The second-order valence-electron chi connectivity index (χ2n) is 8.90. The van der Waals surface area contributed by atoms with Crippen LogP contribution in [0.4, 0.5) is 16.2 Å². The number of hydrogen-bond acceptors (Lipinski definition) is 9. The highest BCUT2D eigenvalue weighted by Gasteiger charge is 2.50. The Morgan fingerprint density at radius 3 is 2.61 bits per heavy atom. The highest BCUT2D eigenvalue weighted by atomic mass is 16.6. The number of carbonyl (C=O) groups is 2.